The summed E-state index contributed by atoms with van der Waals surface area (Å²) in [6.07, 6.45) is 11.5. The maximum Gasteiger partial charge on any atom is 0.220 e. The highest BCUT2D eigenvalue weighted by Crippen LogP contribution is 2.32. The lowest BCUT2D eigenvalue weighted by Gasteiger charge is -2.30. The summed E-state index contributed by atoms with van der Waals surface area (Å²) in [4.78, 5) is 12.2. The van der Waals surface area contributed by atoms with Gasteiger partial charge in [0, 0.05) is 12.5 Å². The van der Waals surface area contributed by atoms with Crippen LogP contribution in [0.5, 0.6) is 0 Å². The molecule has 3 nitrogen and oxygen atoms in total. The molecule has 1 aliphatic carbocycles. The van der Waals surface area contributed by atoms with Crippen LogP contribution in [0.1, 0.15) is 85.0 Å². The summed E-state index contributed by atoms with van der Waals surface area (Å²) in [5.74, 6) is 0.775. The molecule has 1 fully saturated rings. The zero-order valence-electron chi connectivity index (χ0n) is 14.4. The second-order valence-electron chi connectivity index (χ2n) is 7.79. The van der Waals surface area contributed by atoms with Crippen molar-refractivity contribution in [2.75, 3.05) is 6.54 Å². The third-order valence-electron chi connectivity index (χ3n) is 4.93. The Morgan fingerprint density at radius 1 is 1.10 bits per heavy atom. The van der Waals surface area contributed by atoms with Crippen molar-refractivity contribution in [1.29, 1.82) is 0 Å². The van der Waals surface area contributed by atoms with Crippen molar-refractivity contribution in [3.8, 4) is 0 Å². The minimum Gasteiger partial charge on any atom is -0.353 e. The first-order chi connectivity index (χ1) is 9.93. The molecule has 1 amide bonds. The van der Waals surface area contributed by atoms with Crippen LogP contribution in [-0.2, 0) is 4.79 Å². The van der Waals surface area contributed by atoms with Crippen molar-refractivity contribution >= 4 is 5.91 Å². The monoisotopic (exact) mass is 296 g/mol. The van der Waals surface area contributed by atoms with Crippen molar-refractivity contribution in [2.24, 2.45) is 17.1 Å². The van der Waals surface area contributed by atoms with Gasteiger partial charge < -0.3 is 11.1 Å². The van der Waals surface area contributed by atoms with E-state index in [-0.39, 0.29) is 11.3 Å². The molecule has 0 bridgehead atoms. The average molecular weight is 296 g/mol. The molecule has 0 aromatic carbocycles. The molecule has 0 aromatic rings. The van der Waals surface area contributed by atoms with E-state index in [9.17, 15) is 4.79 Å². The normalized spacial score (nSPS) is 19.6. The number of hydrogen-bond acceptors (Lipinski definition) is 2. The molecule has 1 saturated carbocycles. The van der Waals surface area contributed by atoms with Crippen molar-refractivity contribution in [2.45, 2.75) is 91.0 Å². The summed E-state index contributed by atoms with van der Waals surface area (Å²) in [7, 11) is 0. The van der Waals surface area contributed by atoms with E-state index < -0.39 is 0 Å². The van der Waals surface area contributed by atoms with E-state index in [4.69, 9.17) is 5.73 Å². The summed E-state index contributed by atoms with van der Waals surface area (Å²) in [6.45, 7) is 7.46. The van der Waals surface area contributed by atoms with E-state index in [1.807, 2.05) is 0 Å². The predicted octanol–water partition coefficient (Wildman–Crippen LogP) is 4.01. The van der Waals surface area contributed by atoms with Crippen LogP contribution in [0, 0.1) is 11.3 Å². The molecule has 0 heterocycles. The SMILES string of the molecule is CC(C)(C)C(CCN)CCC(=O)NC1CCCCCCC1. The van der Waals surface area contributed by atoms with Crippen LogP contribution in [0.15, 0.2) is 0 Å². The highest BCUT2D eigenvalue weighted by Gasteiger charge is 2.24. The summed E-state index contributed by atoms with van der Waals surface area (Å²) in [5, 5.41) is 3.27. The van der Waals surface area contributed by atoms with E-state index in [0.29, 0.717) is 24.9 Å². The Bertz CT molecular complexity index is 288. The van der Waals surface area contributed by atoms with Crippen LogP contribution in [0.2, 0.25) is 0 Å². The van der Waals surface area contributed by atoms with Crippen LogP contribution in [0.4, 0.5) is 0 Å². The molecule has 0 aliphatic heterocycles. The largest absolute Gasteiger partial charge is 0.353 e. The predicted molar refractivity (Wildman–Crippen MR) is 90.1 cm³/mol. The zero-order valence-corrected chi connectivity index (χ0v) is 14.4. The number of hydrogen-bond donors (Lipinski definition) is 2. The maximum atomic E-state index is 12.2. The smallest absolute Gasteiger partial charge is 0.220 e. The van der Waals surface area contributed by atoms with E-state index >= 15 is 0 Å². The quantitative estimate of drug-likeness (QED) is 0.778. The minimum absolute atomic E-state index is 0.236. The zero-order chi connectivity index (χ0) is 15.7. The fraction of sp³-hybridized carbons (Fsp3) is 0.944. The number of amides is 1. The van der Waals surface area contributed by atoms with Crippen molar-refractivity contribution in [3.63, 3.8) is 0 Å². The van der Waals surface area contributed by atoms with E-state index in [0.717, 1.165) is 25.7 Å². The molecular formula is C18H36N2O. The van der Waals surface area contributed by atoms with Gasteiger partial charge in [0.15, 0.2) is 0 Å². The van der Waals surface area contributed by atoms with Gasteiger partial charge in [-0.25, -0.2) is 0 Å². The van der Waals surface area contributed by atoms with Crippen LogP contribution in [-0.4, -0.2) is 18.5 Å². The van der Waals surface area contributed by atoms with Gasteiger partial charge in [0.2, 0.25) is 5.91 Å². The van der Waals surface area contributed by atoms with Gasteiger partial charge >= 0.3 is 0 Å². The molecule has 3 heteroatoms. The van der Waals surface area contributed by atoms with Gasteiger partial charge in [0.05, 0.1) is 0 Å². The van der Waals surface area contributed by atoms with E-state index in [2.05, 4.69) is 26.1 Å². The summed E-state index contributed by atoms with van der Waals surface area (Å²) >= 11 is 0. The van der Waals surface area contributed by atoms with Crippen molar-refractivity contribution < 1.29 is 4.79 Å². The number of carbonyl (C=O) groups excluding carboxylic acids is 1. The van der Waals surface area contributed by atoms with Gasteiger partial charge in [-0.3, -0.25) is 4.79 Å². The van der Waals surface area contributed by atoms with Crippen LogP contribution < -0.4 is 11.1 Å². The highest BCUT2D eigenvalue weighted by molar-refractivity contribution is 5.76. The summed E-state index contributed by atoms with van der Waals surface area (Å²) in [6, 6.07) is 0.417. The molecule has 0 aromatic heterocycles. The third kappa shape index (κ3) is 7.85. The van der Waals surface area contributed by atoms with Gasteiger partial charge in [0.25, 0.3) is 0 Å². The standard InChI is InChI=1S/C18H36N2O/c1-18(2,3)15(13-14-19)11-12-17(21)20-16-9-7-5-4-6-8-10-16/h15-16H,4-14,19H2,1-3H3,(H,20,21). The molecule has 3 N–H and O–H groups in total. The molecule has 0 spiro atoms. The Hall–Kier alpha value is -0.570. The first-order valence-corrected chi connectivity index (χ1v) is 8.93. The Kier molecular flexibility index (Phi) is 8.31. The van der Waals surface area contributed by atoms with Gasteiger partial charge in [-0.05, 0) is 43.6 Å². The molecule has 1 atom stereocenters. The molecule has 1 unspecified atom stereocenters. The Morgan fingerprint density at radius 3 is 2.19 bits per heavy atom. The van der Waals surface area contributed by atoms with Crippen LogP contribution >= 0.6 is 0 Å². The lowest BCUT2D eigenvalue weighted by molar-refractivity contribution is -0.122. The summed E-state index contributed by atoms with van der Waals surface area (Å²) < 4.78 is 0. The molecule has 21 heavy (non-hydrogen) atoms. The Balaban J connectivity index is 2.34. The molecule has 0 radical (unpaired) electrons. The number of nitrogens with one attached hydrogen (secondary N) is 1. The van der Waals surface area contributed by atoms with Gasteiger partial charge in [-0.2, -0.15) is 0 Å². The van der Waals surface area contributed by atoms with Gasteiger partial charge in [-0.15, -0.1) is 0 Å². The lowest BCUT2D eigenvalue weighted by atomic mass is 9.76. The first kappa shape index (κ1) is 18.5. The first-order valence-electron chi connectivity index (χ1n) is 8.93. The Labute approximate surface area is 131 Å². The van der Waals surface area contributed by atoms with Crippen LogP contribution in [0.3, 0.4) is 0 Å². The second-order valence-corrected chi connectivity index (χ2v) is 7.79. The van der Waals surface area contributed by atoms with Gasteiger partial charge in [-0.1, -0.05) is 52.9 Å². The third-order valence-corrected chi connectivity index (χ3v) is 4.93. The molecular weight excluding hydrogens is 260 g/mol. The fourth-order valence-corrected chi connectivity index (χ4v) is 3.42. The Morgan fingerprint density at radius 2 is 1.67 bits per heavy atom. The minimum atomic E-state index is 0.236. The van der Waals surface area contributed by atoms with E-state index in [1.165, 1.54) is 32.1 Å². The molecule has 0 saturated heterocycles. The maximum absolute atomic E-state index is 12.2. The average Bonchev–Trinajstić information content (AvgIpc) is 2.36. The topological polar surface area (TPSA) is 55.1 Å². The molecule has 124 valence electrons. The van der Waals surface area contributed by atoms with Gasteiger partial charge in [0.1, 0.15) is 0 Å². The van der Waals surface area contributed by atoms with Crippen LogP contribution in [0.25, 0.3) is 0 Å². The number of carbonyl (C=O) groups is 1. The van der Waals surface area contributed by atoms with Crippen molar-refractivity contribution in [3.05, 3.63) is 0 Å². The lowest BCUT2D eigenvalue weighted by Crippen LogP contribution is -2.36. The van der Waals surface area contributed by atoms with E-state index in [1.54, 1.807) is 0 Å². The number of nitrogens with two attached hydrogens (primary N) is 1. The fourth-order valence-electron chi connectivity index (χ4n) is 3.42. The summed E-state index contributed by atoms with van der Waals surface area (Å²) in [5.41, 5.74) is 5.95. The van der Waals surface area contributed by atoms with Crippen molar-refractivity contribution in [1.82, 2.24) is 5.32 Å². The second kappa shape index (κ2) is 9.45. The highest BCUT2D eigenvalue weighted by atomic mass is 16.1. The molecule has 1 aliphatic rings. The number of rotatable bonds is 6. The molecule has 1 rings (SSSR count).